The van der Waals surface area contributed by atoms with Crippen molar-refractivity contribution in [3.63, 3.8) is 0 Å². The molecule has 4 heteroatoms. The molecule has 0 heterocycles. The molecule has 134 valence electrons. The van der Waals surface area contributed by atoms with Gasteiger partial charge in [-0.1, -0.05) is 31.0 Å². The van der Waals surface area contributed by atoms with E-state index in [1.54, 1.807) is 13.8 Å². The third-order valence-electron chi connectivity index (χ3n) is 5.69. The molecule has 2 aliphatic rings. The standard InChI is InChI=1S/C20H29FO2S/c1-14(2)24(22,23)9-5-3-4-6-16-13-20(16)17-8-7-15-11-19(21)12-18(15)10-17/h7-8,10,14,16,19-20H,3-6,9,11-13H2,1-2H3. The first-order chi connectivity index (χ1) is 11.4. The molecule has 0 aromatic heterocycles. The molecular weight excluding hydrogens is 323 g/mol. The Morgan fingerprint density at radius 3 is 2.62 bits per heavy atom. The minimum absolute atomic E-state index is 0.256. The number of hydrogen-bond acceptors (Lipinski definition) is 2. The molecule has 24 heavy (non-hydrogen) atoms. The van der Waals surface area contributed by atoms with E-state index >= 15 is 0 Å². The van der Waals surface area contributed by atoms with Gasteiger partial charge in [-0.25, -0.2) is 12.8 Å². The van der Waals surface area contributed by atoms with Gasteiger partial charge < -0.3 is 0 Å². The lowest BCUT2D eigenvalue weighted by Crippen LogP contribution is -2.17. The normalized spacial score (nSPS) is 25.9. The van der Waals surface area contributed by atoms with Gasteiger partial charge in [0.15, 0.2) is 9.84 Å². The summed E-state index contributed by atoms with van der Waals surface area (Å²) in [6.07, 6.45) is 5.82. The van der Waals surface area contributed by atoms with Crippen LogP contribution in [0.5, 0.6) is 0 Å². The molecule has 2 nitrogen and oxygen atoms in total. The van der Waals surface area contributed by atoms with Crippen LogP contribution in [0, 0.1) is 5.92 Å². The van der Waals surface area contributed by atoms with Gasteiger partial charge in [-0.2, -0.15) is 0 Å². The van der Waals surface area contributed by atoms with Crippen LogP contribution in [-0.2, 0) is 22.7 Å². The molecule has 0 spiro atoms. The van der Waals surface area contributed by atoms with E-state index in [1.807, 2.05) is 0 Å². The summed E-state index contributed by atoms with van der Waals surface area (Å²) in [4.78, 5) is 0. The van der Waals surface area contributed by atoms with Gasteiger partial charge in [-0.3, -0.25) is 0 Å². The van der Waals surface area contributed by atoms with E-state index < -0.39 is 16.0 Å². The van der Waals surface area contributed by atoms with Crippen LogP contribution in [0.2, 0.25) is 0 Å². The Morgan fingerprint density at radius 2 is 1.88 bits per heavy atom. The van der Waals surface area contributed by atoms with Crippen molar-refractivity contribution in [3.8, 4) is 0 Å². The summed E-state index contributed by atoms with van der Waals surface area (Å²) in [5.41, 5.74) is 3.79. The number of hydrogen-bond donors (Lipinski definition) is 0. The van der Waals surface area contributed by atoms with E-state index in [0.29, 0.717) is 24.5 Å². The second-order valence-electron chi connectivity index (χ2n) is 7.90. The maximum absolute atomic E-state index is 13.5. The fourth-order valence-electron chi connectivity index (χ4n) is 3.91. The molecule has 3 unspecified atom stereocenters. The number of sulfone groups is 1. The zero-order valence-electron chi connectivity index (χ0n) is 14.8. The van der Waals surface area contributed by atoms with E-state index in [2.05, 4.69) is 18.2 Å². The third kappa shape index (κ3) is 4.19. The molecule has 0 N–H and O–H groups in total. The maximum atomic E-state index is 13.5. The number of alkyl halides is 1. The molecule has 1 aromatic rings. The number of fused-ring (bicyclic) bond motifs is 1. The molecule has 0 amide bonds. The van der Waals surface area contributed by atoms with Gasteiger partial charge in [0.1, 0.15) is 6.17 Å². The van der Waals surface area contributed by atoms with Crippen molar-refractivity contribution in [2.75, 3.05) is 5.75 Å². The third-order valence-corrected chi connectivity index (χ3v) is 7.98. The van der Waals surface area contributed by atoms with Gasteiger partial charge in [0.05, 0.1) is 11.0 Å². The molecule has 1 saturated carbocycles. The van der Waals surface area contributed by atoms with Crippen molar-refractivity contribution in [1.29, 1.82) is 0 Å². The number of rotatable bonds is 8. The molecule has 0 saturated heterocycles. The molecule has 3 rings (SSSR count). The van der Waals surface area contributed by atoms with Crippen LogP contribution in [0.3, 0.4) is 0 Å². The SMILES string of the molecule is CC(C)S(=O)(=O)CCCCCC1CC1c1ccc2c(c1)CC(F)C2. The van der Waals surface area contributed by atoms with E-state index in [-0.39, 0.29) is 5.25 Å². The zero-order valence-corrected chi connectivity index (χ0v) is 15.6. The fourth-order valence-corrected chi connectivity index (χ4v) is 4.99. The Bertz CT molecular complexity index is 681. The first-order valence-electron chi connectivity index (χ1n) is 9.34. The Balaban J connectivity index is 1.39. The Labute approximate surface area is 145 Å². The first-order valence-corrected chi connectivity index (χ1v) is 11.1. The number of halogens is 1. The lowest BCUT2D eigenvalue weighted by atomic mass is 10.0. The van der Waals surface area contributed by atoms with Crippen LogP contribution < -0.4 is 0 Å². The molecule has 1 aromatic carbocycles. The predicted molar refractivity (Wildman–Crippen MR) is 97.0 cm³/mol. The topological polar surface area (TPSA) is 34.1 Å². The van der Waals surface area contributed by atoms with E-state index in [1.165, 1.54) is 29.5 Å². The van der Waals surface area contributed by atoms with Crippen molar-refractivity contribution in [3.05, 3.63) is 34.9 Å². The van der Waals surface area contributed by atoms with Crippen molar-refractivity contribution in [1.82, 2.24) is 0 Å². The highest BCUT2D eigenvalue weighted by molar-refractivity contribution is 7.91. The van der Waals surface area contributed by atoms with Crippen LogP contribution >= 0.6 is 0 Å². The van der Waals surface area contributed by atoms with Crippen LogP contribution in [0.25, 0.3) is 0 Å². The summed E-state index contributed by atoms with van der Waals surface area (Å²) in [5.74, 6) is 1.72. The average molecular weight is 353 g/mol. The summed E-state index contributed by atoms with van der Waals surface area (Å²) in [6.45, 7) is 3.51. The average Bonchev–Trinajstić information content (AvgIpc) is 3.18. The van der Waals surface area contributed by atoms with Crippen LogP contribution in [0.15, 0.2) is 18.2 Å². The molecule has 1 fully saturated rings. The number of unbranched alkanes of at least 4 members (excludes halogenated alkanes) is 2. The van der Waals surface area contributed by atoms with E-state index in [4.69, 9.17) is 0 Å². The minimum atomic E-state index is -2.88. The summed E-state index contributed by atoms with van der Waals surface area (Å²) >= 11 is 0. The maximum Gasteiger partial charge on any atom is 0.152 e. The van der Waals surface area contributed by atoms with Crippen LogP contribution in [0.1, 0.15) is 68.6 Å². The van der Waals surface area contributed by atoms with Gasteiger partial charge >= 0.3 is 0 Å². The van der Waals surface area contributed by atoms with Crippen molar-refractivity contribution in [2.45, 2.75) is 76.1 Å². The largest absolute Gasteiger partial charge is 0.247 e. The monoisotopic (exact) mass is 352 g/mol. The first kappa shape index (κ1) is 17.9. The van der Waals surface area contributed by atoms with Crippen LogP contribution in [0.4, 0.5) is 4.39 Å². The zero-order chi connectivity index (χ0) is 17.3. The highest BCUT2D eigenvalue weighted by Gasteiger charge is 2.38. The van der Waals surface area contributed by atoms with Crippen molar-refractivity contribution >= 4 is 9.84 Å². The van der Waals surface area contributed by atoms with Crippen molar-refractivity contribution < 1.29 is 12.8 Å². The highest BCUT2D eigenvalue weighted by Crippen LogP contribution is 2.50. The summed E-state index contributed by atoms with van der Waals surface area (Å²) in [7, 11) is -2.88. The van der Waals surface area contributed by atoms with Gasteiger partial charge in [-0.15, -0.1) is 0 Å². The molecule has 0 aliphatic heterocycles. The summed E-state index contributed by atoms with van der Waals surface area (Å²) in [6, 6.07) is 6.54. The van der Waals surface area contributed by atoms with Gasteiger partial charge in [0.2, 0.25) is 0 Å². The van der Waals surface area contributed by atoms with E-state index in [9.17, 15) is 12.8 Å². The molecule has 3 atom stereocenters. The lowest BCUT2D eigenvalue weighted by Gasteiger charge is -2.07. The van der Waals surface area contributed by atoms with Gasteiger partial charge in [0, 0.05) is 12.8 Å². The molecule has 0 bridgehead atoms. The molecule has 2 aliphatic carbocycles. The smallest absolute Gasteiger partial charge is 0.152 e. The van der Waals surface area contributed by atoms with Gasteiger partial charge in [0.25, 0.3) is 0 Å². The van der Waals surface area contributed by atoms with E-state index in [0.717, 1.165) is 25.2 Å². The second-order valence-corrected chi connectivity index (χ2v) is 10.6. The molecule has 0 radical (unpaired) electrons. The minimum Gasteiger partial charge on any atom is -0.247 e. The second kappa shape index (κ2) is 7.15. The Hall–Kier alpha value is -0.900. The van der Waals surface area contributed by atoms with Crippen LogP contribution in [-0.4, -0.2) is 25.6 Å². The van der Waals surface area contributed by atoms with Gasteiger partial charge in [-0.05, 0) is 61.6 Å². The molecular formula is C20H29FO2S. The predicted octanol–water partition coefficient (Wildman–Crippen LogP) is 4.61. The Morgan fingerprint density at radius 1 is 1.12 bits per heavy atom. The summed E-state index contributed by atoms with van der Waals surface area (Å²) in [5, 5.41) is -0.256. The quantitative estimate of drug-likeness (QED) is 0.640. The highest BCUT2D eigenvalue weighted by atomic mass is 32.2. The number of benzene rings is 1. The van der Waals surface area contributed by atoms with Crippen molar-refractivity contribution in [2.24, 2.45) is 5.92 Å². The summed E-state index contributed by atoms with van der Waals surface area (Å²) < 4.78 is 37.0. The lowest BCUT2D eigenvalue weighted by molar-refractivity contribution is 0.349. The fraction of sp³-hybridized carbons (Fsp3) is 0.700. The Kier molecular flexibility index (Phi) is 5.33.